The van der Waals surface area contributed by atoms with Crippen LogP contribution in [0.5, 0.6) is 0 Å². The van der Waals surface area contributed by atoms with Gasteiger partial charge in [0, 0.05) is 0 Å². The molecule has 0 aliphatic rings. The summed E-state index contributed by atoms with van der Waals surface area (Å²) < 4.78 is 0. The zero-order valence-electron chi connectivity index (χ0n) is 7.47. The molecule has 0 nitrogen and oxygen atoms in total. The van der Waals surface area contributed by atoms with E-state index >= 15 is 0 Å². The number of hydrogen-bond donors (Lipinski definition) is 0. The minimum Gasteiger partial charge on any atom is -0.165 e. The van der Waals surface area contributed by atoms with Crippen LogP contribution in [0.15, 0.2) is 0 Å². The lowest BCUT2D eigenvalue weighted by Crippen LogP contribution is -1.87. The monoisotopic (exact) mass is 210 g/mol. The van der Waals surface area contributed by atoms with E-state index in [1.54, 1.807) is 0 Å². The molecule has 0 saturated carbocycles. The predicted molar refractivity (Wildman–Crippen MR) is 63.3 cm³/mol. The highest BCUT2D eigenvalue weighted by Crippen LogP contribution is 2.08. The van der Waals surface area contributed by atoms with Gasteiger partial charge in [0.1, 0.15) is 0 Å². The summed E-state index contributed by atoms with van der Waals surface area (Å²) in [6.07, 6.45) is 7.12. The Morgan fingerprint density at radius 3 is 1.55 bits per heavy atom. The number of hydrogen-bond acceptors (Lipinski definition) is 3. The highest BCUT2D eigenvalue weighted by Gasteiger charge is 1.89. The van der Waals surface area contributed by atoms with Gasteiger partial charge in [0.05, 0.1) is 0 Å². The molecule has 11 heavy (non-hydrogen) atoms. The van der Waals surface area contributed by atoms with Gasteiger partial charge in [-0.2, -0.15) is 35.3 Å². The van der Waals surface area contributed by atoms with Crippen LogP contribution in [-0.4, -0.2) is 35.5 Å². The second-order valence-corrected chi connectivity index (χ2v) is 5.50. The molecule has 0 N–H and O–H groups in total. The molecule has 0 aromatic heterocycles. The molecule has 3 heteroatoms. The Morgan fingerprint density at radius 1 is 0.727 bits per heavy atom. The summed E-state index contributed by atoms with van der Waals surface area (Å²) in [5, 5.41) is 0. The van der Waals surface area contributed by atoms with Gasteiger partial charge in [0.15, 0.2) is 0 Å². The van der Waals surface area contributed by atoms with E-state index in [4.69, 9.17) is 0 Å². The lowest BCUT2D eigenvalue weighted by molar-refractivity contribution is 1.09. The van der Waals surface area contributed by atoms with Crippen LogP contribution in [0.1, 0.15) is 12.8 Å². The molecule has 0 aliphatic carbocycles. The van der Waals surface area contributed by atoms with Crippen LogP contribution < -0.4 is 0 Å². The molecule has 0 aliphatic heterocycles. The molecule has 0 atom stereocenters. The maximum atomic E-state index is 2.18. The summed E-state index contributed by atoms with van der Waals surface area (Å²) >= 11 is 6.01. The lowest BCUT2D eigenvalue weighted by atomic mass is 10.6. The number of rotatable bonds is 8. The van der Waals surface area contributed by atoms with Gasteiger partial charge in [-0.05, 0) is 48.4 Å². The third kappa shape index (κ3) is 11.0. The molecule has 68 valence electrons. The summed E-state index contributed by atoms with van der Waals surface area (Å²) in [5.41, 5.74) is 0. The minimum atomic E-state index is 1.33. The van der Waals surface area contributed by atoms with Crippen LogP contribution in [0, 0.1) is 0 Å². The van der Waals surface area contributed by atoms with E-state index in [1.807, 2.05) is 23.5 Å². The second-order valence-electron chi connectivity index (χ2n) is 2.31. The fourth-order valence-corrected chi connectivity index (χ4v) is 2.85. The van der Waals surface area contributed by atoms with E-state index in [-0.39, 0.29) is 0 Å². The smallest absolute Gasteiger partial charge is 0.00597 e. The molecular weight excluding hydrogens is 192 g/mol. The van der Waals surface area contributed by atoms with E-state index in [9.17, 15) is 0 Å². The van der Waals surface area contributed by atoms with Crippen molar-refractivity contribution in [1.29, 1.82) is 0 Å². The maximum Gasteiger partial charge on any atom is -0.00597 e. The average molecular weight is 210 g/mol. The Kier molecular flexibility index (Phi) is 12.1. The molecule has 0 spiro atoms. The molecule has 0 fully saturated rings. The predicted octanol–water partition coefficient (Wildman–Crippen LogP) is 3.23. The van der Waals surface area contributed by atoms with E-state index < -0.39 is 0 Å². The summed E-state index contributed by atoms with van der Waals surface area (Å²) in [5.74, 6) is 5.37. The third-order valence-electron chi connectivity index (χ3n) is 1.27. The fourth-order valence-electron chi connectivity index (χ4n) is 0.713. The normalized spacial score (nSPS) is 10.4. The molecule has 0 radical (unpaired) electrons. The van der Waals surface area contributed by atoms with E-state index in [1.165, 1.54) is 35.9 Å². The number of thioether (sulfide) groups is 3. The second kappa shape index (κ2) is 11.1. The highest BCUT2D eigenvalue weighted by molar-refractivity contribution is 8.00. The summed E-state index contributed by atoms with van der Waals surface area (Å²) in [6, 6.07) is 0. The third-order valence-corrected chi connectivity index (χ3v) is 3.82. The maximum absolute atomic E-state index is 2.18. The fraction of sp³-hybridized carbons (Fsp3) is 1.00. The van der Waals surface area contributed by atoms with Crippen molar-refractivity contribution in [2.24, 2.45) is 0 Å². The van der Waals surface area contributed by atoms with Gasteiger partial charge in [-0.15, -0.1) is 0 Å². The molecule has 0 amide bonds. The SMILES string of the molecule is CSCCCSCCCSC. The van der Waals surface area contributed by atoms with E-state index in [0.29, 0.717) is 0 Å². The Morgan fingerprint density at radius 2 is 1.18 bits per heavy atom. The zero-order valence-corrected chi connectivity index (χ0v) is 9.92. The molecule has 0 heterocycles. The molecule has 0 bridgehead atoms. The molecular formula is C8H18S3. The summed E-state index contributed by atoms with van der Waals surface area (Å²) in [4.78, 5) is 0. The van der Waals surface area contributed by atoms with Crippen LogP contribution in [0.3, 0.4) is 0 Å². The van der Waals surface area contributed by atoms with Gasteiger partial charge in [-0.3, -0.25) is 0 Å². The first-order valence-electron chi connectivity index (χ1n) is 3.97. The standard InChI is InChI=1S/C8H18S3/c1-9-5-3-7-11-8-4-6-10-2/h3-8H2,1-2H3. The van der Waals surface area contributed by atoms with Crippen LogP contribution in [0.25, 0.3) is 0 Å². The Labute approximate surface area is 83.7 Å². The highest BCUT2D eigenvalue weighted by atomic mass is 32.2. The van der Waals surface area contributed by atoms with Gasteiger partial charge in [0.25, 0.3) is 0 Å². The van der Waals surface area contributed by atoms with Crippen LogP contribution in [-0.2, 0) is 0 Å². The molecule has 0 saturated heterocycles. The van der Waals surface area contributed by atoms with Crippen molar-refractivity contribution in [2.45, 2.75) is 12.8 Å². The first-order chi connectivity index (χ1) is 5.41. The van der Waals surface area contributed by atoms with Crippen molar-refractivity contribution < 1.29 is 0 Å². The Bertz CT molecular complexity index is 58.4. The summed E-state index contributed by atoms with van der Waals surface area (Å²) in [6.45, 7) is 0. The van der Waals surface area contributed by atoms with Gasteiger partial charge >= 0.3 is 0 Å². The van der Waals surface area contributed by atoms with Crippen molar-refractivity contribution in [1.82, 2.24) is 0 Å². The first kappa shape index (κ1) is 12.0. The molecule has 0 aromatic rings. The lowest BCUT2D eigenvalue weighted by Gasteiger charge is -1.99. The van der Waals surface area contributed by atoms with Crippen molar-refractivity contribution in [3.63, 3.8) is 0 Å². The Hall–Kier alpha value is 1.05. The van der Waals surface area contributed by atoms with E-state index in [2.05, 4.69) is 24.3 Å². The largest absolute Gasteiger partial charge is 0.165 e. The van der Waals surface area contributed by atoms with Crippen molar-refractivity contribution in [3.05, 3.63) is 0 Å². The van der Waals surface area contributed by atoms with Crippen LogP contribution >= 0.6 is 35.3 Å². The van der Waals surface area contributed by atoms with Crippen LogP contribution in [0.2, 0.25) is 0 Å². The van der Waals surface area contributed by atoms with Crippen molar-refractivity contribution >= 4 is 35.3 Å². The van der Waals surface area contributed by atoms with Crippen molar-refractivity contribution in [2.75, 3.05) is 35.5 Å². The van der Waals surface area contributed by atoms with E-state index in [0.717, 1.165) is 0 Å². The summed E-state index contributed by atoms with van der Waals surface area (Å²) in [7, 11) is 0. The molecule has 0 rings (SSSR count). The van der Waals surface area contributed by atoms with Gasteiger partial charge in [-0.1, -0.05) is 0 Å². The first-order valence-corrected chi connectivity index (χ1v) is 7.91. The molecule has 0 unspecified atom stereocenters. The molecule has 0 aromatic carbocycles. The van der Waals surface area contributed by atoms with Crippen LogP contribution in [0.4, 0.5) is 0 Å². The minimum absolute atomic E-state index is 1.33. The van der Waals surface area contributed by atoms with Gasteiger partial charge in [-0.25, -0.2) is 0 Å². The van der Waals surface area contributed by atoms with Gasteiger partial charge in [0.2, 0.25) is 0 Å². The topological polar surface area (TPSA) is 0 Å². The average Bonchev–Trinajstić information content (AvgIpc) is 2.03. The Balaban J connectivity index is 2.69. The van der Waals surface area contributed by atoms with Crippen molar-refractivity contribution in [3.8, 4) is 0 Å². The van der Waals surface area contributed by atoms with Gasteiger partial charge < -0.3 is 0 Å². The quantitative estimate of drug-likeness (QED) is 0.565. The zero-order chi connectivity index (χ0) is 8.36.